The molecule has 0 saturated heterocycles. The van der Waals surface area contributed by atoms with Gasteiger partial charge >= 0.3 is 0 Å². The van der Waals surface area contributed by atoms with E-state index >= 15 is 0 Å². The molecule has 2 heteroatoms. The first kappa shape index (κ1) is 13.9. The Kier molecular flexibility index (Phi) is 10.9. The van der Waals surface area contributed by atoms with Crippen molar-refractivity contribution in [3.8, 4) is 0 Å². The Bertz CT molecular complexity index is 106. The quantitative estimate of drug-likeness (QED) is 0.532. The average molecular weight is 201 g/mol. The van der Waals surface area contributed by atoms with E-state index in [1.807, 2.05) is 0 Å². The molecule has 0 bridgehead atoms. The molecule has 0 amide bonds. The molecule has 0 radical (unpaired) electrons. The molecule has 0 saturated carbocycles. The first-order valence-electron chi connectivity index (χ1n) is 6.12. The lowest BCUT2D eigenvalue weighted by Gasteiger charge is -2.08. The van der Waals surface area contributed by atoms with E-state index in [1.165, 1.54) is 38.5 Å². The average Bonchev–Trinajstić information content (AvgIpc) is 2.21. The van der Waals surface area contributed by atoms with E-state index in [-0.39, 0.29) is 0 Å². The predicted molar refractivity (Wildman–Crippen MR) is 62.5 cm³/mol. The van der Waals surface area contributed by atoms with E-state index < -0.39 is 0 Å². The van der Waals surface area contributed by atoms with Gasteiger partial charge in [0.05, 0.1) is 0 Å². The Hall–Kier alpha value is -0.0800. The summed E-state index contributed by atoms with van der Waals surface area (Å²) in [5.41, 5.74) is 0. The number of hydrogen-bond donors (Lipinski definition) is 2. The Morgan fingerprint density at radius 2 is 1.71 bits per heavy atom. The van der Waals surface area contributed by atoms with Gasteiger partial charge in [0.1, 0.15) is 0 Å². The van der Waals surface area contributed by atoms with Crippen LogP contribution in [0, 0.1) is 5.92 Å². The first-order valence-corrected chi connectivity index (χ1v) is 6.12. The van der Waals surface area contributed by atoms with Crippen LogP contribution in [-0.2, 0) is 0 Å². The molecule has 0 aliphatic heterocycles. The molecule has 86 valence electrons. The van der Waals surface area contributed by atoms with E-state index in [9.17, 15) is 0 Å². The van der Waals surface area contributed by atoms with Crippen molar-refractivity contribution in [3.63, 3.8) is 0 Å². The number of rotatable bonds is 10. The maximum Gasteiger partial charge on any atom is 0.0468 e. The highest BCUT2D eigenvalue weighted by Gasteiger charge is 1.97. The van der Waals surface area contributed by atoms with Crippen LogP contribution in [0.1, 0.15) is 52.4 Å². The van der Waals surface area contributed by atoms with E-state index in [2.05, 4.69) is 19.2 Å². The van der Waals surface area contributed by atoms with Crippen molar-refractivity contribution in [2.45, 2.75) is 52.4 Å². The normalized spacial score (nSPS) is 13.1. The van der Waals surface area contributed by atoms with Gasteiger partial charge < -0.3 is 10.4 Å². The maximum atomic E-state index is 8.79. The number of unbranched alkanes of at least 4 members (excludes halogenated alkanes) is 5. The summed E-state index contributed by atoms with van der Waals surface area (Å²) in [5, 5.41) is 12.2. The van der Waals surface area contributed by atoms with Crippen molar-refractivity contribution in [1.29, 1.82) is 0 Å². The fourth-order valence-electron chi connectivity index (χ4n) is 1.44. The summed E-state index contributed by atoms with van der Waals surface area (Å²) < 4.78 is 0. The van der Waals surface area contributed by atoms with Crippen molar-refractivity contribution in [3.05, 3.63) is 0 Å². The Labute approximate surface area is 89.1 Å². The highest BCUT2D eigenvalue weighted by atomic mass is 16.3. The number of aliphatic hydroxyl groups is 1. The van der Waals surface area contributed by atoms with Gasteiger partial charge in [0, 0.05) is 6.61 Å². The van der Waals surface area contributed by atoms with Crippen molar-refractivity contribution in [1.82, 2.24) is 5.32 Å². The SMILES string of the molecule is CCCCCCCCNCC(C)CO. The molecule has 1 atom stereocenters. The Balaban J connectivity index is 2.92. The molecule has 0 aromatic heterocycles. The van der Waals surface area contributed by atoms with Gasteiger partial charge in [0.15, 0.2) is 0 Å². The highest BCUT2D eigenvalue weighted by molar-refractivity contribution is 4.55. The molecule has 2 N–H and O–H groups in total. The summed E-state index contributed by atoms with van der Waals surface area (Å²) in [4.78, 5) is 0. The third-order valence-electron chi connectivity index (χ3n) is 2.51. The van der Waals surface area contributed by atoms with Gasteiger partial charge in [-0.25, -0.2) is 0 Å². The van der Waals surface area contributed by atoms with Crippen LogP contribution in [0.15, 0.2) is 0 Å². The summed E-state index contributed by atoms with van der Waals surface area (Å²) >= 11 is 0. The second-order valence-corrected chi connectivity index (χ2v) is 4.26. The molecular weight excluding hydrogens is 174 g/mol. The Morgan fingerprint density at radius 3 is 2.36 bits per heavy atom. The van der Waals surface area contributed by atoms with Gasteiger partial charge in [0.2, 0.25) is 0 Å². The molecule has 0 aliphatic rings. The minimum absolute atomic E-state index is 0.295. The van der Waals surface area contributed by atoms with E-state index in [1.54, 1.807) is 0 Å². The number of aliphatic hydroxyl groups excluding tert-OH is 1. The molecule has 0 aromatic rings. The topological polar surface area (TPSA) is 32.3 Å². The van der Waals surface area contributed by atoms with Gasteiger partial charge in [-0.15, -0.1) is 0 Å². The summed E-state index contributed by atoms with van der Waals surface area (Å²) in [6.45, 7) is 6.66. The standard InChI is InChI=1S/C12H27NO/c1-3-4-5-6-7-8-9-13-10-12(2)11-14/h12-14H,3-11H2,1-2H3. The Morgan fingerprint density at radius 1 is 1.07 bits per heavy atom. The van der Waals surface area contributed by atoms with Crippen LogP contribution >= 0.6 is 0 Å². The van der Waals surface area contributed by atoms with Gasteiger partial charge in [-0.05, 0) is 25.4 Å². The summed E-state index contributed by atoms with van der Waals surface area (Å²) in [7, 11) is 0. The molecule has 0 aliphatic carbocycles. The van der Waals surface area contributed by atoms with E-state index in [4.69, 9.17) is 5.11 Å². The second kappa shape index (κ2) is 11.0. The lowest BCUT2D eigenvalue weighted by atomic mass is 10.1. The summed E-state index contributed by atoms with van der Waals surface area (Å²) in [6, 6.07) is 0. The lowest BCUT2D eigenvalue weighted by Crippen LogP contribution is -2.24. The minimum Gasteiger partial charge on any atom is -0.396 e. The van der Waals surface area contributed by atoms with Crippen LogP contribution in [0.3, 0.4) is 0 Å². The molecule has 14 heavy (non-hydrogen) atoms. The predicted octanol–water partition coefficient (Wildman–Crippen LogP) is 2.56. The third-order valence-corrected chi connectivity index (χ3v) is 2.51. The van der Waals surface area contributed by atoms with Gasteiger partial charge in [0.25, 0.3) is 0 Å². The largest absolute Gasteiger partial charge is 0.396 e. The van der Waals surface area contributed by atoms with Gasteiger partial charge in [-0.1, -0.05) is 46.0 Å². The summed E-state index contributed by atoms with van der Waals surface area (Å²) in [5.74, 6) is 0.398. The molecule has 1 unspecified atom stereocenters. The van der Waals surface area contributed by atoms with Crippen molar-refractivity contribution in [2.75, 3.05) is 19.7 Å². The van der Waals surface area contributed by atoms with Crippen molar-refractivity contribution >= 4 is 0 Å². The zero-order valence-electron chi connectivity index (χ0n) is 9.89. The molecule has 0 aromatic carbocycles. The van der Waals surface area contributed by atoms with E-state index in [0.29, 0.717) is 12.5 Å². The van der Waals surface area contributed by atoms with Gasteiger partial charge in [-0.2, -0.15) is 0 Å². The van der Waals surface area contributed by atoms with Gasteiger partial charge in [-0.3, -0.25) is 0 Å². The van der Waals surface area contributed by atoms with Crippen LogP contribution in [0.4, 0.5) is 0 Å². The monoisotopic (exact) mass is 201 g/mol. The first-order chi connectivity index (χ1) is 6.81. The lowest BCUT2D eigenvalue weighted by molar-refractivity contribution is 0.234. The zero-order valence-corrected chi connectivity index (χ0v) is 9.89. The molecule has 2 nitrogen and oxygen atoms in total. The zero-order chi connectivity index (χ0) is 10.6. The van der Waals surface area contributed by atoms with Crippen LogP contribution < -0.4 is 5.32 Å². The highest BCUT2D eigenvalue weighted by Crippen LogP contribution is 2.04. The van der Waals surface area contributed by atoms with Crippen LogP contribution in [0.5, 0.6) is 0 Å². The molecule has 0 heterocycles. The molecule has 0 spiro atoms. The third kappa shape index (κ3) is 10.0. The van der Waals surface area contributed by atoms with Crippen LogP contribution in [0.2, 0.25) is 0 Å². The minimum atomic E-state index is 0.295. The maximum absolute atomic E-state index is 8.79. The van der Waals surface area contributed by atoms with Crippen LogP contribution in [0.25, 0.3) is 0 Å². The fraction of sp³-hybridized carbons (Fsp3) is 1.00. The molecule has 0 rings (SSSR count). The molecule has 0 fully saturated rings. The summed E-state index contributed by atoms with van der Waals surface area (Å²) in [6.07, 6.45) is 8.11. The van der Waals surface area contributed by atoms with Crippen molar-refractivity contribution < 1.29 is 5.11 Å². The second-order valence-electron chi connectivity index (χ2n) is 4.26. The van der Waals surface area contributed by atoms with Crippen molar-refractivity contribution in [2.24, 2.45) is 5.92 Å². The fourth-order valence-corrected chi connectivity index (χ4v) is 1.44. The number of nitrogens with one attached hydrogen (secondary N) is 1. The smallest absolute Gasteiger partial charge is 0.0468 e. The molecular formula is C12H27NO. The van der Waals surface area contributed by atoms with Crippen LogP contribution in [-0.4, -0.2) is 24.8 Å². The number of hydrogen-bond acceptors (Lipinski definition) is 2. The van der Waals surface area contributed by atoms with E-state index in [0.717, 1.165) is 13.1 Å².